The van der Waals surface area contributed by atoms with Crippen LogP contribution in [-0.2, 0) is 19.4 Å². The highest BCUT2D eigenvalue weighted by molar-refractivity contribution is 7.91. The van der Waals surface area contributed by atoms with Crippen molar-refractivity contribution in [2.45, 2.75) is 54.6 Å². The van der Waals surface area contributed by atoms with Gasteiger partial charge < -0.3 is 10.1 Å². The molecule has 2 fully saturated rings. The normalized spacial score (nSPS) is 29.5. The minimum Gasteiger partial charge on any atom is -0.375 e. The van der Waals surface area contributed by atoms with Crippen molar-refractivity contribution in [1.29, 1.82) is 0 Å². The maximum Gasteiger partial charge on any atom is 0.251 e. The van der Waals surface area contributed by atoms with Gasteiger partial charge in [0.2, 0.25) is 5.91 Å². The highest BCUT2D eigenvalue weighted by Crippen LogP contribution is 2.44. The summed E-state index contributed by atoms with van der Waals surface area (Å²) in [7, 11) is -3.27. The number of nitrogens with one attached hydrogen (secondary N) is 2. The fourth-order valence-electron chi connectivity index (χ4n) is 5.81. The number of amides is 2. The molecule has 1 saturated heterocycles. The molecule has 1 saturated carbocycles. The Kier molecular flexibility index (Phi) is 5.95. The largest absolute Gasteiger partial charge is 0.375 e. The summed E-state index contributed by atoms with van der Waals surface area (Å²) in [5, 5.41) is 12.1. The molecule has 2 aromatic carbocycles. The van der Waals surface area contributed by atoms with Crippen molar-refractivity contribution in [3.63, 3.8) is 0 Å². The first-order valence-corrected chi connectivity index (χ1v) is 13.3. The van der Waals surface area contributed by atoms with Crippen molar-refractivity contribution in [2.24, 2.45) is 5.92 Å². The van der Waals surface area contributed by atoms with Gasteiger partial charge in [-0.1, -0.05) is 30.3 Å². The minimum absolute atomic E-state index is 0.0522. The second kappa shape index (κ2) is 8.79. The molecule has 34 heavy (non-hydrogen) atoms. The van der Waals surface area contributed by atoms with Gasteiger partial charge >= 0.3 is 0 Å². The third-order valence-corrected chi connectivity index (χ3v) is 9.31. The van der Waals surface area contributed by atoms with E-state index in [4.69, 9.17) is 9.94 Å². The number of hydrogen-bond acceptors (Lipinski definition) is 6. The summed E-state index contributed by atoms with van der Waals surface area (Å²) in [6.07, 6.45) is 3.24. The predicted octanol–water partition coefficient (Wildman–Crippen LogP) is 2.56. The van der Waals surface area contributed by atoms with E-state index in [-0.39, 0.29) is 17.6 Å². The zero-order chi connectivity index (χ0) is 23.9. The van der Waals surface area contributed by atoms with E-state index in [0.29, 0.717) is 36.3 Å². The molecule has 0 bridgehead atoms. The number of fused-ring (bicyclic) bond motifs is 1. The van der Waals surface area contributed by atoms with Gasteiger partial charge in [0.05, 0.1) is 22.2 Å². The predicted molar refractivity (Wildman–Crippen MR) is 123 cm³/mol. The van der Waals surface area contributed by atoms with E-state index in [1.807, 2.05) is 24.3 Å². The molecule has 0 radical (unpaired) electrons. The Balaban J connectivity index is 1.33. The lowest BCUT2D eigenvalue weighted by atomic mass is 9.88. The van der Waals surface area contributed by atoms with Crippen LogP contribution < -0.4 is 10.8 Å². The van der Waals surface area contributed by atoms with Crippen LogP contribution in [0.1, 0.15) is 59.5 Å². The van der Waals surface area contributed by atoms with Gasteiger partial charge in [0.25, 0.3) is 5.91 Å². The number of carbonyl (C=O) groups is 2. The first-order valence-electron chi connectivity index (χ1n) is 11.6. The number of sulfone groups is 1. The summed E-state index contributed by atoms with van der Waals surface area (Å²) in [6.45, 7) is 0.640. The molecule has 1 unspecified atom stereocenters. The zero-order valence-electron chi connectivity index (χ0n) is 18.7. The van der Waals surface area contributed by atoms with Gasteiger partial charge in [0.1, 0.15) is 0 Å². The second-order valence-corrected chi connectivity index (χ2v) is 11.6. The summed E-state index contributed by atoms with van der Waals surface area (Å²) in [5.74, 6) is -1.33. The van der Waals surface area contributed by atoms with Crippen molar-refractivity contribution in [1.82, 2.24) is 10.8 Å². The topological polar surface area (TPSA) is 122 Å². The molecule has 8 nitrogen and oxygen atoms in total. The first-order chi connectivity index (χ1) is 16.3. The first kappa shape index (κ1) is 23.0. The fraction of sp³-hybridized carbons (Fsp3) is 0.440. The average molecular weight is 485 g/mol. The third-order valence-electron chi connectivity index (χ3n) is 7.50. The molecule has 9 heteroatoms. The van der Waals surface area contributed by atoms with Crippen LogP contribution in [0.4, 0.5) is 0 Å². The number of benzene rings is 2. The van der Waals surface area contributed by atoms with Crippen LogP contribution in [0.25, 0.3) is 0 Å². The van der Waals surface area contributed by atoms with Crippen LogP contribution in [0.5, 0.6) is 0 Å². The van der Waals surface area contributed by atoms with Crippen LogP contribution in [0, 0.1) is 5.92 Å². The Hall–Kier alpha value is -2.75. The Morgan fingerprint density at radius 3 is 2.53 bits per heavy atom. The van der Waals surface area contributed by atoms with Crippen LogP contribution >= 0.6 is 0 Å². The number of carbonyl (C=O) groups excluding carboxylic acids is 2. The Bertz CT molecular complexity index is 1200. The van der Waals surface area contributed by atoms with Gasteiger partial charge in [-0.15, -0.1) is 0 Å². The van der Waals surface area contributed by atoms with Gasteiger partial charge in [0, 0.05) is 24.1 Å². The SMILES string of the molecule is O=C(N[C@@H]1C[C@@]2(CCCO2)C[C@@H]1C(=O)NO)c1ccc(C2CCS(=O)(=O)c3ccccc32)cc1. The molecule has 1 aliphatic carbocycles. The molecular formula is C25H28N2O6S. The highest BCUT2D eigenvalue weighted by Gasteiger charge is 2.51. The van der Waals surface area contributed by atoms with Crippen LogP contribution in [0.3, 0.4) is 0 Å². The van der Waals surface area contributed by atoms with Crippen molar-refractivity contribution in [3.05, 3.63) is 65.2 Å². The second-order valence-electron chi connectivity index (χ2n) is 9.53. The van der Waals surface area contributed by atoms with Gasteiger partial charge in [-0.05, 0) is 61.4 Å². The maximum atomic E-state index is 13.0. The van der Waals surface area contributed by atoms with Crippen molar-refractivity contribution in [2.75, 3.05) is 12.4 Å². The standard InChI is InChI=1S/C25H28N2O6S/c28-23(26-21-15-25(11-3-12-33-25)14-20(21)24(29)27-30)17-8-6-16(7-9-17)18-10-13-34(31,32)22-5-2-1-4-19(18)22/h1-2,4-9,18,20-21,30H,3,10-15H2,(H,26,28)(H,27,29)/t18?,20-,21+,25+/m0/s1. The van der Waals surface area contributed by atoms with Crippen molar-refractivity contribution < 1.29 is 28.0 Å². The van der Waals surface area contributed by atoms with Gasteiger partial charge in [-0.3, -0.25) is 14.8 Å². The van der Waals surface area contributed by atoms with E-state index in [0.717, 1.165) is 24.0 Å². The summed E-state index contributed by atoms with van der Waals surface area (Å²) >= 11 is 0. The molecule has 4 atom stereocenters. The molecular weight excluding hydrogens is 456 g/mol. The third kappa shape index (κ3) is 4.12. The Morgan fingerprint density at radius 2 is 1.82 bits per heavy atom. The maximum absolute atomic E-state index is 13.0. The lowest BCUT2D eigenvalue weighted by Crippen LogP contribution is -2.43. The van der Waals surface area contributed by atoms with E-state index in [2.05, 4.69) is 5.32 Å². The lowest BCUT2D eigenvalue weighted by Gasteiger charge is -2.26. The van der Waals surface area contributed by atoms with Crippen LogP contribution in [0.15, 0.2) is 53.4 Å². The minimum atomic E-state index is -3.27. The summed E-state index contributed by atoms with van der Waals surface area (Å²) < 4.78 is 30.8. The van der Waals surface area contributed by atoms with Crippen molar-refractivity contribution >= 4 is 21.7 Å². The van der Waals surface area contributed by atoms with Gasteiger partial charge in [0.15, 0.2) is 9.84 Å². The average Bonchev–Trinajstić information content (AvgIpc) is 3.45. The molecule has 180 valence electrons. The summed E-state index contributed by atoms with van der Waals surface area (Å²) in [6, 6.07) is 13.8. The molecule has 1 spiro atoms. The summed E-state index contributed by atoms with van der Waals surface area (Å²) in [5.41, 5.74) is 3.50. The number of rotatable bonds is 4. The van der Waals surface area contributed by atoms with Gasteiger partial charge in [-0.25, -0.2) is 13.9 Å². The van der Waals surface area contributed by atoms with Crippen LogP contribution in [0.2, 0.25) is 0 Å². The molecule has 3 aliphatic rings. The Labute approximate surface area is 198 Å². The Morgan fingerprint density at radius 1 is 1.06 bits per heavy atom. The van der Waals surface area contributed by atoms with E-state index in [9.17, 15) is 18.0 Å². The van der Waals surface area contributed by atoms with Crippen LogP contribution in [-0.4, -0.2) is 49.4 Å². The smallest absolute Gasteiger partial charge is 0.251 e. The summed E-state index contributed by atoms with van der Waals surface area (Å²) in [4.78, 5) is 25.6. The molecule has 5 rings (SSSR count). The van der Waals surface area contributed by atoms with E-state index < -0.39 is 33.3 Å². The molecule has 2 aromatic rings. The molecule has 2 amide bonds. The lowest BCUT2D eigenvalue weighted by molar-refractivity contribution is -0.134. The molecule has 2 aliphatic heterocycles. The van der Waals surface area contributed by atoms with Crippen molar-refractivity contribution in [3.8, 4) is 0 Å². The number of ether oxygens (including phenoxy) is 1. The monoisotopic (exact) mass is 484 g/mol. The number of hydrogen-bond donors (Lipinski definition) is 3. The van der Waals surface area contributed by atoms with E-state index in [1.54, 1.807) is 29.7 Å². The molecule has 2 heterocycles. The fourth-order valence-corrected chi connectivity index (χ4v) is 7.43. The number of hydroxylamine groups is 1. The zero-order valence-corrected chi connectivity index (χ0v) is 19.5. The van der Waals surface area contributed by atoms with E-state index in [1.165, 1.54) is 0 Å². The quantitative estimate of drug-likeness (QED) is 0.453. The molecule has 3 N–H and O–H groups in total. The van der Waals surface area contributed by atoms with Gasteiger partial charge in [-0.2, -0.15) is 0 Å². The highest BCUT2D eigenvalue weighted by atomic mass is 32.2. The van der Waals surface area contributed by atoms with E-state index >= 15 is 0 Å². The molecule has 0 aromatic heterocycles.